The third kappa shape index (κ3) is 4.01. The Morgan fingerprint density at radius 1 is 1.21 bits per heavy atom. The molecular weight excluding hydrogens is 196 g/mol. The summed E-state index contributed by atoms with van der Waals surface area (Å²) in [4.78, 5) is 0. The fourth-order valence-electron chi connectivity index (χ4n) is 1.09. The second kappa shape index (κ2) is 5.92. The van der Waals surface area contributed by atoms with Crippen molar-refractivity contribution in [1.29, 1.82) is 0 Å². The van der Waals surface area contributed by atoms with Crippen molar-refractivity contribution in [3.8, 4) is 5.75 Å². The van der Waals surface area contributed by atoms with Gasteiger partial charge in [0.2, 0.25) is 0 Å². The van der Waals surface area contributed by atoms with Crippen molar-refractivity contribution in [1.82, 2.24) is 0 Å². The number of benzene rings is 1. The van der Waals surface area contributed by atoms with Gasteiger partial charge in [-0.3, -0.25) is 0 Å². The van der Waals surface area contributed by atoms with Crippen LogP contribution in [0.25, 0.3) is 0 Å². The zero-order chi connectivity index (χ0) is 10.4. The third-order valence-corrected chi connectivity index (χ3v) is 2.35. The summed E-state index contributed by atoms with van der Waals surface area (Å²) in [5, 5.41) is 0. The molecule has 0 amide bonds. The third-order valence-electron chi connectivity index (χ3n) is 2.04. The average molecular weight is 213 g/mol. The Labute approximate surface area is 91.0 Å². The Hall–Kier alpha value is -0.690. The Kier molecular flexibility index (Phi) is 4.81. The normalized spacial score (nSPS) is 10.6. The van der Waals surface area contributed by atoms with Gasteiger partial charge >= 0.3 is 0 Å². The standard InChI is InChI=1S/C12H17ClO/c1-10(2)7-8-14-12-5-3-11(9-13)4-6-12/h3-6,10H,7-9H2,1-2H3. The number of halogens is 1. The maximum atomic E-state index is 5.68. The van der Waals surface area contributed by atoms with Gasteiger partial charge in [-0.25, -0.2) is 0 Å². The summed E-state index contributed by atoms with van der Waals surface area (Å²) < 4.78 is 5.57. The number of rotatable bonds is 5. The van der Waals surface area contributed by atoms with E-state index in [2.05, 4.69) is 13.8 Å². The first-order valence-corrected chi connectivity index (χ1v) is 5.53. The second-order valence-electron chi connectivity index (χ2n) is 3.81. The van der Waals surface area contributed by atoms with Crippen molar-refractivity contribution in [2.45, 2.75) is 26.1 Å². The monoisotopic (exact) mass is 212 g/mol. The Bertz CT molecular complexity index is 254. The molecule has 14 heavy (non-hydrogen) atoms. The molecule has 1 aromatic rings. The van der Waals surface area contributed by atoms with E-state index in [9.17, 15) is 0 Å². The van der Waals surface area contributed by atoms with E-state index in [0.29, 0.717) is 11.8 Å². The van der Waals surface area contributed by atoms with Crippen molar-refractivity contribution in [3.05, 3.63) is 29.8 Å². The van der Waals surface area contributed by atoms with E-state index in [0.717, 1.165) is 24.3 Å². The molecule has 0 fully saturated rings. The van der Waals surface area contributed by atoms with Crippen molar-refractivity contribution >= 4 is 11.6 Å². The zero-order valence-corrected chi connectivity index (χ0v) is 9.55. The van der Waals surface area contributed by atoms with E-state index in [-0.39, 0.29) is 0 Å². The average Bonchev–Trinajstić information content (AvgIpc) is 2.18. The quantitative estimate of drug-likeness (QED) is 0.674. The molecule has 0 aromatic heterocycles. The van der Waals surface area contributed by atoms with Gasteiger partial charge in [-0.15, -0.1) is 11.6 Å². The predicted molar refractivity (Wildman–Crippen MR) is 60.9 cm³/mol. The molecule has 78 valence electrons. The molecule has 0 saturated carbocycles. The van der Waals surface area contributed by atoms with Gasteiger partial charge in [0.25, 0.3) is 0 Å². The van der Waals surface area contributed by atoms with E-state index in [1.165, 1.54) is 0 Å². The lowest BCUT2D eigenvalue weighted by atomic mass is 10.1. The van der Waals surface area contributed by atoms with Gasteiger partial charge in [0.1, 0.15) is 5.75 Å². The molecule has 0 aliphatic carbocycles. The largest absolute Gasteiger partial charge is 0.494 e. The molecule has 1 rings (SSSR count). The summed E-state index contributed by atoms with van der Waals surface area (Å²) in [7, 11) is 0. The summed E-state index contributed by atoms with van der Waals surface area (Å²) in [5.74, 6) is 2.18. The Morgan fingerprint density at radius 2 is 1.86 bits per heavy atom. The second-order valence-corrected chi connectivity index (χ2v) is 4.08. The minimum atomic E-state index is 0.562. The van der Waals surface area contributed by atoms with E-state index >= 15 is 0 Å². The van der Waals surface area contributed by atoms with Crippen LogP contribution >= 0.6 is 11.6 Å². The molecule has 0 aliphatic rings. The molecule has 0 spiro atoms. The molecule has 1 nitrogen and oxygen atoms in total. The predicted octanol–water partition coefficient (Wildman–Crippen LogP) is 3.85. The molecule has 0 unspecified atom stereocenters. The molecule has 0 heterocycles. The minimum Gasteiger partial charge on any atom is -0.494 e. The lowest BCUT2D eigenvalue weighted by molar-refractivity contribution is 0.289. The van der Waals surface area contributed by atoms with Crippen LogP contribution < -0.4 is 4.74 Å². The molecule has 2 heteroatoms. The van der Waals surface area contributed by atoms with Crippen LogP contribution in [-0.2, 0) is 5.88 Å². The highest BCUT2D eigenvalue weighted by Crippen LogP contribution is 2.14. The highest BCUT2D eigenvalue weighted by atomic mass is 35.5. The summed E-state index contributed by atoms with van der Waals surface area (Å²) in [6.45, 7) is 5.18. The van der Waals surface area contributed by atoms with Crippen LogP contribution in [0.5, 0.6) is 5.75 Å². The number of ether oxygens (including phenoxy) is 1. The lowest BCUT2D eigenvalue weighted by Crippen LogP contribution is -2.01. The number of hydrogen-bond acceptors (Lipinski definition) is 1. The van der Waals surface area contributed by atoms with Crippen molar-refractivity contribution in [2.75, 3.05) is 6.61 Å². The van der Waals surface area contributed by atoms with Gasteiger partial charge in [-0.05, 0) is 30.0 Å². The van der Waals surface area contributed by atoms with Gasteiger partial charge in [0.15, 0.2) is 0 Å². The Balaban J connectivity index is 2.36. The van der Waals surface area contributed by atoms with Crippen molar-refractivity contribution < 1.29 is 4.74 Å². The van der Waals surface area contributed by atoms with Crippen LogP contribution in [0.1, 0.15) is 25.8 Å². The van der Waals surface area contributed by atoms with Crippen LogP contribution in [0.4, 0.5) is 0 Å². The van der Waals surface area contributed by atoms with E-state index in [4.69, 9.17) is 16.3 Å². The van der Waals surface area contributed by atoms with Crippen LogP contribution in [0.15, 0.2) is 24.3 Å². The molecule has 0 radical (unpaired) electrons. The molecule has 0 saturated heterocycles. The van der Waals surface area contributed by atoms with Crippen molar-refractivity contribution in [2.24, 2.45) is 5.92 Å². The Morgan fingerprint density at radius 3 is 2.36 bits per heavy atom. The van der Waals surface area contributed by atoms with Gasteiger partial charge in [0.05, 0.1) is 6.61 Å². The molecule has 0 N–H and O–H groups in total. The van der Waals surface area contributed by atoms with Gasteiger partial charge in [0, 0.05) is 5.88 Å². The lowest BCUT2D eigenvalue weighted by Gasteiger charge is -2.08. The van der Waals surface area contributed by atoms with Crippen LogP contribution in [0.2, 0.25) is 0 Å². The fraction of sp³-hybridized carbons (Fsp3) is 0.500. The summed E-state index contributed by atoms with van der Waals surface area (Å²) >= 11 is 5.68. The first kappa shape index (κ1) is 11.4. The van der Waals surface area contributed by atoms with Gasteiger partial charge in [-0.1, -0.05) is 26.0 Å². The molecule has 0 bridgehead atoms. The minimum absolute atomic E-state index is 0.562. The summed E-state index contributed by atoms with van der Waals surface area (Å²) in [5.41, 5.74) is 1.13. The number of alkyl halides is 1. The summed E-state index contributed by atoms with van der Waals surface area (Å²) in [6, 6.07) is 7.94. The molecule has 0 atom stereocenters. The zero-order valence-electron chi connectivity index (χ0n) is 8.79. The van der Waals surface area contributed by atoms with Crippen LogP contribution in [-0.4, -0.2) is 6.61 Å². The fourth-order valence-corrected chi connectivity index (χ4v) is 1.27. The number of hydrogen-bond donors (Lipinski definition) is 0. The maximum absolute atomic E-state index is 5.68. The highest BCUT2D eigenvalue weighted by molar-refractivity contribution is 6.17. The van der Waals surface area contributed by atoms with E-state index in [1.807, 2.05) is 24.3 Å². The maximum Gasteiger partial charge on any atom is 0.119 e. The molecule has 0 aliphatic heterocycles. The first-order valence-electron chi connectivity index (χ1n) is 5.00. The highest BCUT2D eigenvalue weighted by Gasteiger charge is 1.96. The van der Waals surface area contributed by atoms with Crippen molar-refractivity contribution in [3.63, 3.8) is 0 Å². The topological polar surface area (TPSA) is 9.23 Å². The smallest absolute Gasteiger partial charge is 0.119 e. The SMILES string of the molecule is CC(C)CCOc1ccc(CCl)cc1. The van der Waals surface area contributed by atoms with E-state index in [1.54, 1.807) is 0 Å². The van der Waals surface area contributed by atoms with Gasteiger partial charge < -0.3 is 4.74 Å². The summed E-state index contributed by atoms with van der Waals surface area (Å²) in [6.07, 6.45) is 1.09. The van der Waals surface area contributed by atoms with E-state index < -0.39 is 0 Å². The molecular formula is C12H17ClO. The molecule has 1 aromatic carbocycles. The van der Waals surface area contributed by atoms with Gasteiger partial charge in [-0.2, -0.15) is 0 Å². The van der Waals surface area contributed by atoms with Crippen LogP contribution in [0.3, 0.4) is 0 Å². The van der Waals surface area contributed by atoms with Crippen LogP contribution in [0, 0.1) is 5.92 Å². The first-order chi connectivity index (χ1) is 6.72.